The van der Waals surface area contributed by atoms with E-state index < -0.39 is 0 Å². The van der Waals surface area contributed by atoms with Gasteiger partial charge in [0.05, 0.1) is 12.9 Å². The summed E-state index contributed by atoms with van der Waals surface area (Å²) in [6.45, 7) is 2.02. The van der Waals surface area contributed by atoms with Crippen molar-refractivity contribution in [2.45, 2.75) is 11.8 Å². The average molecular weight is 355 g/mol. The molecule has 1 heterocycles. The topological polar surface area (TPSA) is 77.3 Å². The number of nitrogens with one attached hydrogen (secondary N) is 1. The van der Waals surface area contributed by atoms with Crippen LogP contribution in [0.5, 0.6) is 5.75 Å². The minimum absolute atomic E-state index is 0.0762. The van der Waals surface area contributed by atoms with Crippen molar-refractivity contribution in [2.75, 3.05) is 18.2 Å². The van der Waals surface area contributed by atoms with Crippen LogP contribution >= 0.6 is 11.8 Å². The second kappa shape index (κ2) is 7.85. The SMILES string of the molecule is COc1cccc(-c2nnc(NC(=O)CSc3ccc(C)cc3)o2)c1. The Morgan fingerprint density at radius 1 is 1.20 bits per heavy atom. The number of aromatic nitrogens is 2. The van der Waals surface area contributed by atoms with Gasteiger partial charge >= 0.3 is 6.01 Å². The smallest absolute Gasteiger partial charge is 0.322 e. The quantitative estimate of drug-likeness (QED) is 0.678. The van der Waals surface area contributed by atoms with E-state index in [0.717, 1.165) is 10.5 Å². The van der Waals surface area contributed by atoms with Crippen LogP contribution in [0.15, 0.2) is 57.8 Å². The number of benzene rings is 2. The van der Waals surface area contributed by atoms with Crippen LogP contribution in [-0.2, 0) is 4.79 Å². The summed E-state index contributed by atoms with van der Waals surface area (Å²) in [5.41, 5.74) is 1.91. The molecule has 0 radical (unpaired) electrons. The lowest BCUT2D eigenvalue weighted by atomic mass is 10.2. The van der Waals surface area contributed by atoms with Crippen molar-refractivity contribution in [2.24, 2.45) is 0 Å². The first-order valence-electron chi connectivity index (χ1n) is 7.61. The van der Waals surface area contributed by atoms with Crippen LogP contribution in [0.25, 0.3) is 11.5 Å². The van der Waals surface area contributed by atoms with Gasteiger partial charge in [0.15, 0.2) is 0 Å². The van der Waals surface area contributed by atoms with Crippen molar-refractivity contribution in [3.8, 4) is 17.2 Å². The third kappa shape index (κ3) is 4.60. The zero-order valence-corrected chi connectivity index (χ0v) is 14.7. The van der Waals surface area contributed by atoms with Gasteiger partial charge in [0.2, 0.25) is 11.8 Å². The summed E-state index contributed by atoms with van der Waals surface area (Å²) < 4.78 is 10.7. The third-order valence-corrected chi connectivity index (χ3v) is 4.39. The summed E-state index contributed by atoms with van der Waals surface area (Å²) in [7, 11) is 1.59. The van der Waals surface area contributed by atoms with Gasteiger partial charge < -0.3 is 9.15 Å². The van der Waals surface area contributed by atoms with Gasteiger partial charge in [-0.3, -0.25) is 10.1 Å². The highest BCUT2D eigenvalue weighted by atomic mass is 32.2. The van der Waals surface area contributed by atoms with E-state index in [9.17, 15) is 4.79 Å². The van der Waals surface area contributed by atoms with Gasteiger partial charge in [0.25, 0.3) is 0 Å². The number of nitrogens with zero attached hydrogens (tertiary/aromatic N) is 2. The molecule has 128 valence electrons. The first kappa shape index (κ1) is 17.0. The Morgan fingerprint density at radius 2 is 2.00 bits per heavy atom. The molecule has 0 atom stereocenters. The molecule has 1 aromatic heterocycles. The molecule has 6 nitrogen and oxygen atoms in total. The van der Waals surface area contributed by atoms with Crippen LogP contribution in [-0.4, -0.2) is 29.0 Å². The van der Waals surface area contributed by atoms with E-state index in [2.05, 4.69) is 15.5 Å². The number of aryl methyl sites for hydroxylation is 1. The van der Waals surface area contributed by atoms with Crippen molar-refractivity contribution < 1.29 is 13.9 Å². The monoisotopic (exact) mass is 355 g/mol. The maximum atomic E-state index is 12.0. The van der Waals surface area contributed by atoms with E-state index >= 15 is 0 Å². The van der Waals surface area contributed by atoms with Crippen molar-refractivity contribution >= 4 is 23.7 Å². The molecule has 0 spiro atoms. The number of anilines is 1. The van der Waals surface area contributed by atoms with E-state index in [1.54, 1.807) is 13.2 Å². The predicted octanol–water partition coefficient (Wildman–Crippen LogP) is 3.78. The van der Waals surface area contributed by atoms with E-state index in [4.69, 9.17) is 9.15 Å². The van der Waals surface area contributed by atoms with E-state index in [1.807, 2.05) is 49.4 Å². The molecule has 0 saturated carbocycles. The summed E-state index contributed by atoms with van der Waals surface area (Å²) in [4.78, 5) is 13.1. The standard InChI is InChI=1S/C18H17N3O3S/c1-12-6-8-15(9-7-12)25-11-16(22)19-18-21-20-17(24-18)13-4-3-5-14(10-13)23-2/h3-10H,11H2,1-2H3,(H,19,21,22). The summed E-state index contributed by atoms with van der Waals surface area (Å²) in [5.74, 6) is 1.07. The Bertz CT molecular complexity index is 862. The van der Waals surface area contributed by atoms with Crippen molar-refractivity contribution in [1.82, 2.24) is 10.2 Å². The molecule has 3 rings (SSSR count). The van der Waals surface area contributed by atoms with Crippen LogP contribution in [0.3, 0.4) is 0 Å². The molecule has 1 amide bonds. The number of hydrogen-bond acceptors (Lipinski definition) is 6. The Labute approximate surface area is 149 Å². The highest BCUT2D eigenvalue weighted by Gasteiger charge is 2.12. The summed E-state index contributed by atoms with van der Waals surface area (Å²) in [6, 6.07) is 15.3. The van der Waals surface area contributed by atoms with Gasteiger partial charge in [-0.15, -0.1) is 16.9 Å². The first-order valence-corrected chi connectivity index (χ1v) is 8.60. The normalized spacial score (nSPS) is 10.5. The van der Waals surface area contributed by atoms with Gasteiger partial charge in [-0.1, -0.05) is 28.9 Å². The highest BCUT2D eigenvalue weighted by Crippen LogP contribution is 2.24. The number of carbonyl (C=O) groups is 1. The molecule has 0 aliphatic carbocycles. The zero-order valence-electron chi connectivity index (χ0n) is 13.9. The molecular formula is C18H17N3O3S. The second-order valence-electron chi connectivity index (χ2n) is 5.29. The van der Waals surface area contributed by atoms with Crippen LogP contribution in [0, 0.1) is 6.92 Å². The first-order chi connectivity index (χ1) is 12.1. The molecule has 1 N–H and O–H groups in total. The van der Waals surface area contributed by atoms with Crippen molar-refractivity contribution in [3.63, 3.8) is 0 Å². The molecule has 0 aliphatic rings. The number of hydrogen-bond donors (Lipinski definition) is 1. The minimum Gasteiger partial charge on any atom is -0.497 e. The lowest BCUT2D eigenvalue weighted by Gasteiger charge is -2.02. The van der Waals surface area contributed by atoms with E-state index in [1.165, 1.54) is 17.3 Å². The zero-order chi connectivity index (χ0) is 17.6. The third-order valence-electron chi connectivity index (χ3n) is 3.38. The van der Waals surface area contributed by atoms with Gasteiger partial charge in [0.1, 0.15) is 5.75 Å². The molecule has 2 aromatic carbocycles. The Morgan fingerprint density at radius 3 is 2.76 bits per heavy atom. The Hall–Kier alpha value is -2.80. The van der Waals surface area contributed by atoms with Gasteiger partial charge in [0, 0.05) is 10.5 Å². The van der Waals surface area contributed by atoms with Crippen LogP contribution < -0.4 is 10.1 Å². The maximum absolute atomic E-state index is 12.0. The fraction of sp³-hybridized carbons (Fsp3) is 0.167. The Kier molecular flexibility index (Phi) is 5.35. The number of thioether (sulfide) groups is 1. The fourth-order valence-electron chi connectivity index (χ4n) is 2.09. The average Bonchev–Trinajstić information content (AvgIpc) is 3.10. The van der Waals surface area contributed by atoms with Gasteiger partial charge in [-0.2, -0.15) is 0 Å². The number of rotatable bonds is 6. The number of methoxy groups -OCH3 is 1. The maximum Gasteiger partial charge on any atom is 0.322 e. The minimum atomic E-state index is -0.202. The molecule has 3 aromatic rings. The molecular weight excluding hydrogens is 338 g/mol. The lowest BCUT2D eigenvalue weighted by molar-refractivity contribution is -0.113. The summed E-state index contributed by atoms with van der Waals surface area (Å²) in [5, 5.41) is 10.4. The second-order valence-corrected chi connectivity index (χ2v) is 6.34. The Balaban J connectivity index is 1.58. The molecule has 0 bridgehead atoms. The van der Waals surface area contributed by atoms with Gasteiger partial charge in [-0.05, 0) is 37.3 Å². The largest absolute Gasteiger partial charge is 0.497 e. The van der Waals surface area contributed by atoms with Crippen molar-refractivity contribution in [3.05, 3.63) is 54.1 Å². The van der Waals surface area contributed by atoms with Gasteiger partial charge in [-0.25, -0.2) is 0 Å². The highest BCUT2D eigenvalue weighted by molar-refractivity contribution is 8.00. The fourth-order valence-corrected chi connectivity index (χ4v) is 2.78. The number of ether oxygens (including phenoxy) is 1. The molecule has 0 fully saturated rings. The number of amides is 1. The molecule has 0 saturated heterocycles. The van der Waals surface area contributed by atoms with E-state index in [-0.39, 0.29) is 17.7 Å². The molecule has 0 unspecified atom stereocenters. The van der Waals surface area contributed by atoms with Crippen LogP contribution in [0.4, 0.5) is 6.01 Å². The van der Waals surface area contributed by atoms with Crippen LogP contribution in [0.1, 0.15) is 5.56 Å². The molecule has 0 aliphatic heterocycles. The molecule has 25 heavy (non-hydrogen) atoms. The van der Waals surface area contributed by atoms with E-state index in [0.29, 0.717) is 11.6 Å². The number of carbonyl (C=O) groups excluding carboxylic acids is 1. The predicted molar refractivity (Wildman–Crippen MR) is 96.8 cm³/mol. The summed E-state index contributed by atoms with van der Waals surface area (Å²) >= 11 is 1.45. The molecule has 7 heteroatoms. The lowest BCUT2D eigenvalue weighted by Crippen LogP contribution is -2.14. The van der Waals surface area contributed by atoms with Crippen molar-refractivity contribution in [1.29, 1.82) is 0 Å². The summed E-state index contributed by atoms with van der Waals surface area (Å²) in [6.07, 6.45) is 0. The van der Waals surface area contributed by atoms with Crippen LogP contribution in [0.2, 0.25) is 0 Å².